The molecule has 0 spiro atoms. The summed E-state index contributed by atoms with van der Waals surface area (Å²) < 4.78 is 5.57. The average Bonchev–Trinajstić information content (AvgIpc) is 2.81. The minimum atomic E-state index is 0.265. The second-order valence-corrected chi connectivity index (χ2v) is 4.17. The topological polar surface area (TPSA) is 9.23 Å². The van der Waals surface area contributed by atoms with Crippen LogP contribution in [0.4, 0.5) is 0 Å². The van der Waals surface area contributed by atoms with Gasteiger partial charge in [-0.15, -0.1) is 0 Å². The van der Waals surface area contributed by atoms with Crippen molar-refractivity contribution in [1.82, 2.24) is 0 Å². The highest BCUT2D eigenvalue weighted by Gasteiger charge is 2.77. The van der Waals surface area contributed by atoms with Crippen molar-refractivity contribution in [2.24, 2.45) is 23.7 Å². The summed E-state index contributed by atoms with van der Waals surface area (Å²) in [6, 6.07) is 0. The lowest BCUT2D eigenvalue weighted by Crippen LogP contribution is -2.26. The maximum atomic E-state index is 6.04. The molecule has 0 amide bonds. The summed E-state index contributed by atoms with van der Waals surface area (Å²) in [5.41, 5.74) is 0. The molecule has 0 aromatic heterocycles. The highest BCUT2D eigenvalue weighted by molar-refractivity contribution is 6.30. The van der Waals surface area contributed by atoms with E-state index in [2.05, 4.69) is 6.08 Å². The lowest BCUT2D eigenvalue weighted by Gasteiger charge is -2.26. The molecule has 4 aliphatic rings. The zero-order valence-corrected chi connectivity index (χ0v) is 7.21. The normalized spacial score (nSPS) is 56.5. The summed E-state index contributed by atoms with van der Waals surface area (Å²) in [5, 5.41) is 0.965. The number of halogens is 1. The fourth-order valence-corrected chi connectivity index (χ4v) is 2.95. The van der Waals surface area contributed by atoms with Gasteiger partial charge in [-0.3, -0.25) is 0 Å². The Morgan fingerprint density at radius 2 is 2.18 bits per heavy atom. The van der Waals surface area contributed by atoms with Crippen molar-refractivity contribution in [2.45, 2.75) is 13.0 Å². The Labute approximate surface area is 71.4 Å². The molecular formula is C9H11ClO. The van der Waals surface area contributed by atoms with Crippen LogP contribution in [-0.2, 0) is 4.74 Å². The fourth-order valence-electron chi connectivity index (χ4n) is 2.60. The minimum absolute atomic E-state index is 0.265. The van der Waals surface area contributed by atoms with Gasteiger partial charge in [0.05, 0.1) is 6.10 Å². The lowest BCUT2D eigenvalue weighted by atomic mass is 9.92. The molecule has 60 valence electrons. The third kappa shape index (κ3) is 0.664. The number of hydrogen-bond donors (Lipinski definition) is 0. The molecule has 5 atom stereocenters. The molecule has 2 saturated carbocycles. The molecule has 2 heteroatoms. The Hall–Kier alpha value is -0.0100. The van der Waals surface area contributed by atoms with Gasteiger partial charge in [0.25, 0.3) is 0 Å². The second-order valence-electron chi connectivity index (χ2n) is 3.74. The van der Waals surface area contributed by atoms with E-state index in [-0.39, 0.29) is 6.10 Å². The van der Waals surface area contributed by atoms with E-state index >= 15 is 0 Å². The Bertz CT molecular complexity index is 226. The zero-order chi connectivity index (χ0) is 7.59. The fraction of sp³-hybridized carbons (Fsp3) is 0.778. The van der Waals surface area contributed by atoms with Crippen LogP contribution in [0.2, 0.25) is 0 Å². The van der Waals surface area contributed by atoms with Gasteiger partial charge in [0, 0.05) is 11.6 Å². The molecule has 2 bridgehead atoms. The van der Waals surface area contributed by atoms with Gasteiger partial charge in [0.2, 0.25) is 0 Å². The molecular weight excluding hydrogens is 160 g/mol. The molecule has 0 aliphatic heterocycles. The molecule has 0 aromatic carbocycles. The molecule has 1 nitrogen and oxygen atoms in total. The first-order valence-electron chi connectivity index (χ1n) is 4.33. The van der Waals surface area contributed by atoms with Crippen LogP contribution in [0.1, 0.15) is 6.92 Å². The number of rotatable bonds is 2. The highest BCUT2D eigenvalue weighted by Crippen LogP contribution is 2.78. The first kappa shape index (κ1) is 6.50. The van der Waals surface area contributed by atoms with Gasteiger partial charge in [0.15, 0.2) is 0 Å². The number of fused-ring (bicyclic) bond motifs is 1. The van der Waals surface area contributed by atoms with Crippen LogP contribution in [0.25, 0.3) is 0 Å². The molecule has 4 aliphatic carbocycles. The monoisotopic (exact) mass is 170 g/mol. The van der Waals surface area contributed by atoms with Gasteiger partial charge in [0.1, 0.15) is 0 Å². The van der Waals surface area contributed by atoms with Gasteiger partial charge in [-0.05, 0) is 30.6 Å². The Morgan fingerprint density at radius 1 is 1.45 bits per heavy atom. The van der Waals surface area contributed by atoms with E-state index in [9.17, 15) is 0 Å². The van der Waals surface area contributed by atoms with E-state index in [1.54, 1.807) is 0 Å². The predicted octanol–water partition coefficient (Wildman–Crippen LogP) is 2.02. The molecule has 11 heavy (non-hydrogen) atoms. The van der Waals surface area contributed by atoms with Crippen molar-refractivity contribution in [3.63, 3.8) is 0 Å². The van der Waals surface area contributed by atoms with Crippen molar-refractivity contribution in [3.05, 3.63) is 11.1 Å². The molecule has 4 rings (SSSR count). The van der Waals surface area contributed by atoms with Gasteiger partial charge in [-0.2, -0.15) is 0 Å². The highest BCUT2D eigenvalue weighted by atomic mass is 35.5. The van der Waals surface area contributed by atoms with E-state index in [0.717, 1.165) is 35.3 Å². The van der Waals surface area contributed by atoms with E-state index < -0.39 is 0 Å². The minimum Gasteiger partial charge on any atom is -0.373 e. The van der Waals surface area contributed by atoms with Crippen molar-refractivity contribution < 1.29 is 4.74 Å². The van der Waals surface area contributed by atoms with Gasteiger partial charge in [-0.1, -0.05) is 17.7 Å². The maximum Gasteiger partial charge on any atom is 0.0961 e. The zero-order valence-electron chi connectivity index (χ0n) is 6.46. The summed E-state index contributed by atoms with van der Waals surface area (Å²) in [6.45, 7) is 2.82. The average molecular weight is 171 g/mol. The first-order chi connectivity index (χ1) is 5.34. The number of ether oxygens (including phenoxy) is 1. The Balaban J connectivity index is 1.82. The Morgan fingerprint density at radius 3 is 2.82 bits per heavy atom. The molecule has 0 saturated heterocycles. The van der Waals surface area contributed by atoms with Crippen molar-refractivity contribution >= 4 is 11.6 Å². The number of hydrogen-bond acceptors (Lipinski definition) is 1. The smallest absolute Gasteiger partial charge is 0.0961 e. The molecule has 3 unspecified atom stereocenters. The van der Waals surface area contributed by atoms with Crippen LogP contribution >= 0.6 is 11.6 Å². The molecule has 0 heterocycles. The van der Waals surface area contributed by atoms with Crippen LogP contribution in [0.5, 0.6) is 0 Å². The maximum absolute atomic E-state index is 6.04. The number of allylic oxidation sites excluding steroid dienone is 1. The van der Waals surface area contributed by atoms with Crippen LogP contribution in [0, 0.1) is 23.7 Å². The third-order valence-corrected chi connectivity index (χ3v) is 3.60. The molecule has 2 fully saturated rings. The third-order valence-electron chi connectivity index (χ3n) is 3.26. The van der Waals surface area contributed by atoms with Crippen molar-refractivity contribution in [3.8, 4) is 0 Å². The van der Waals surface area contributed by atoms with Crippen molar-refractivity contribution in [1.29, 1.82) is 0 Å². The quantitative estimate of drug-likeness (QED) is 0.616. The first-order valence-corrected chi connectivity index (χ1v) is 4.71. The summed E-state index contributed by atoms with van der Waals surface area (Å²) in [5.74, 6) is 3.59. The summed E-state index contributed by atoms with van der Waals surface area (Å²) >= 11 is 6.04. The van der Waals surface area contributed by atoms with Crippen molar-refractivity contribution in [2.75, 3.05) is 6.61 Å². The van der Waals surface area contributed by atoms with E-state index in [4.69, 9.17) is 16.3 Å². The summed E-state index contributed by atoms with van der Waals surface area (Å²) in [6.07, 6.45) is 2.47. The van der Waals surface area contributed by atoms with E-state index in [1.165, 1.54) is 0 Å². The second kappa shape index (κ2) is 1.83. The van der Waals surface area contributed by atoms with Crippen LogP contribution < -0.4 is 0 Å². The van der Waals surface area contributed by atoms with Crippen LogP contribution in [0.15, 0.2) is 11.1 Å². The van der Waals surface area contributed by atoms with E-state index in [0.29, 0.717) is 0 Å². The van der Waals surface area contributed by atoms with Gasteiger partial charge < -0.3 is 4.74 Å². The lowest BCUT2D eigenvalue weighted by molar-refractivity contribution is 0.0540. The van der Waals surface area contributed by atoms with Crippen LogP contribution in [0.3, 0.4) is 0 Å². The molecule has 0 N–H and O–H groups in total. The van der Waals surface area contributed by atoms with Gasteiger partial charge >= 0.3 is 0 Å². The Kier molecular flexibility index (Phi) is 1.08. The standard InChI is InChI=1S/C9H11ClO/c1-2-11-9-5(10)3-4-6-7(4)8(6)9/h3-4,6-9H,2H2,1H3/t4?,6-,7?,8?,9+/m1/s1. The SMILES string of the molecule is CCO[C@H]1C(Cl)=CC2C3C1[C@H]23. The molecule has 0 radical (unpaired) electrons. The predicted molar refractivity (Wildman–Crippen MR) is 43.3 cm³/mol. The molecule has 0 aromatic rings. The van der Waals surface area contributed by atoms with E-state index in [1.807, 2.05) is 6.92 Å². The summed E-state index contributed by atoms with van der Waals surface area (Å²) in [4.78, 5) is 0. The van der Waals surface area contributed by atoms with Gasteiger partial charge in [-0.25, -0.2) is 0 Å². The van der Waals surface area contributed by atoms with Crippen LogP contribution in [-0.4, -0.2) is 12.7 Å². The largest absolute Gasteiger partial charge is 0.373 e. The summed E-state index contributed by atoms with van der Waals surface area (Å²) in [7, 11) is 0.